The van der Waals surface area contributed by atoms with Crippen LogP contribution in [0.25, 0.3) is 0 Å². The molecule has 0 aliphatic carbocycles. The molecule has 132 valence electrons. The summed E-state index contributed by atoms with van der Waals surface area (Å²) in [6.07, 6.45) is 0.242. The summed E-state index contributed by atoms with van der Waals surface area (Å²) in [6.45, 7) is 16.1. The molecule has 2 N–H and O–H groups in total. The van der Waals surface area contributed by atoms with Crippen molar-refractivity contribution >= 4 is 20.0 Å². The van der Waals surface area contributed by atoms with E-state index in [0.29, 0.717) is 6.42 Å². The van der Waals surface area contributed by atoms with Gasteiger partial charge >= 0.3 is 0 Å². The number of Topliss-reactive ketones (excluding diaryl/α,β-unsaturated/α-hetero) is 1. The van der Waals surface area contributed by atoms with Crippen LogP contribution >= 0.6 is 0 Å². The van der Waals surface area contributed by atoms with Crippen molar-refractivity contribution in [1.82, 2.24) is 5.32 Å². The number of aliphatic hydroxyl groups is 1. The second kappa shape index (κ2) is 6.77. The number of hydrogen-bond acceptors (Lipinski definition) is 4. The topological polar surface area (TPSA) is 75.6 Å². The summed E-state index contributed by atoms with van der Waals surface area (Å²) in [7, 11) is -2.05. The van der Waals surface area contributed by atoms with Crippen LogP contribution in [0.4, 0.5) is 0 Å². The molecule has 1 rings (SSSR count). The highest BCUT2D eigenvalue weighted by atomic mass is 28.4. The minimum Gasteiger partial charge on any atom is -0.511 e. The largest absolute Gasteiger partial charge is 0.511 e. The first-order chi connectivity index (χ1) is 10.3. The zero-order valence-electron chi connectivity index (χ0n) is 15.6. The van der Waals surface area contributed by atoms with Gasteiger partial charge in [-0.2, -0.15) is 0 Å². The third-order valence-corrected chi connectivity index (χ3v) is 9.71. The fourth-order valence-corrected chi connectivity index (χ4v) is 3.69. The molecule has 5 nitrogen and oxygen atoms in total. The zero-order valence-corrected chi connectivity index (χ0v) is 16.6. The maximum absolute atomic E-state index is 12.6. The lowest BCUT2D eigenvalue weighted by Crippen LogP contribution is -2.50. The Bertz CT molecular complexity index is 519. The molecule has 1 aliphatic heterocycles. The van der Waals surface area contributed by atoms with Gasteiger partial charge in [0.15, 0.2) is 14.1 Å². The van der Waals surface area contributed by atoms with E-state index in [0.717, 1.165) is 0 Å². The monoisotopic (exact) mass is 341 g/mol. The molecule has 0 aromatic carbocycles. The van der Waals surface area contributed by atoms with Crippen molar-refractivity contribution in [3.05, 3.63) is 11.3 Å². The second-order valence-corrected chi connectivity index (χ2v) is 12.7. The fourth-order valence-electron chi connectivity index (χ4n) is 2.27. The number of ketones is 1. The van der Waals surface area contributed by atoms with Crippen LogP contribution in [-0.2, 0) is 14.0 Å². The van der Waals surface area contributed by atoms with Crippen molar-refractivity contribution in [2.75, 3.05) is 0 Å². The maximum atomic E-state index is 12.6. The molecule has 1 amide bonds. The number of nitrogens with one attached hydrogen (secondary N) is 1. The lowest BCUT2D eigenvalue weighted by molar-refractivity contribution is -0.118. The van der Waals surface area contributed by atoms with E-state index in [4.69, 9.17) is 4.43 Å². The van der Waals surface area contributed by atoms with Crippen LogP contribution in [0.1, 0.15) is 48.0 Å². The number of rotatable bonds is 5. The van der Waals surface area contributed by atoms with Gasteiger partial charge in [-0.15, -0.1) is 0 Å². The summed E-state index contributed by atoms with van der Waals surface area (Å²) in [5.74, 6) is -1.19. The number of carbonyl (C=O) groups is 2. The normalized spacial score (nSPS) is 24.4. The Morgan fingerprint density at radius 1 is 1.30 bits per heavy atom. The molecule has 1 heterocycles. The van der Waals surface area contributed by atoms with Gasteiger partial charge in [-0.05, 0) is 31.5 Å². The summed E-state index contributed by atoms with van der Waals surface area (Å²) in [6, 6.07) is -0.724. The predicted octanol–water partition coefficient (Wildman–Crippen LogP) is 3.32. The Labute approximate surface area is 140 Å². The molecule has 0 aromatic rings. The third-order valence-electron chi connectivity index (χ3n) is 5.13. The van der Waals surface area contributed by atoms with Gasteiger partial charge in [0.05, 0.1) is 6.10 Å². The molecular formula is C17H31NO4Si. The first-order valence-electron chi connectivity index (χ1n) is 8.29. The molecule has 1 aliphatic rings. The van der Waals surface area contributed by atoms with Crippen LogP contribution in [0.15, 0.2) is 11.3 Å². The summed E-state index contributed by atoms with van der Waals surface area (Å²) in [5, 5.41) is 12.9. The molecule has 1 saturated heterocycles. The van der Waals surface area contributed by atoms with E-state index in [1.807, 2.05) is 13.8 Å². The summed E-state index contributed by atoms with van der Waals surface area (Å²) in [5.41, 5.74) is -0.102. The van der Waals surface area contributed by atoms with E-state index in [1.165, 1.54) is 0 Å². The molecule has 0 aromatic heterocycles. The van der Waals surface area contributed by atoms with Gasteiger partial charge < -0.3 is 14.8 Å². The van der Waals surface area contributed by atoms with E-state index in [2.05, 4.69) is 39.2 Å². The van der Waals surface area contributed by atoms with E-state index in [9.17, 15) is 14.7 Å². The lowest BCUT2D eigenvalue weighted by Gasteiger charge is -2.39. The smallest absolute Gasteiger partial charge is 0.259 e. The van der Waals surface area contributed by atoms with E-state index in [1.54, 1.807) is 6.92 Å². The second-order valence-electron chi connectivity index (χ2n) is 7.97. The number of aliphatic hydroxyl groups excluding tert-OH is 1. The summed E-state index contributed by atoms with van der Waals surface area (Å²) < 4.78 is 6.22. The number of carbonyl (C=O) groups excluding carboxylic acids is 2. The molecule has 1 fully saturated rings. The van der Waals surface area contributed by atoms with Gasteiger partial charge in [0.1, 0.15) is 17.4 Å². The number of hydrogen-bond donors (Lipinski definition) is 2. The van der Waals surface area contributed by atoms with Gasteiger partial charge in [0.25, 0.3) is 5.91 Å². The highest BCUT2D eigenvalue weighted by Gasteiger charge is 2.46. The standard InChI is InChI=1S/C17H31NO4Si/c1-9-10(2)14(19)12-15(20)13(18-16(12)21)11(3)22-23(7,8)17(4,5)6/h10-11,13,19H,9H2,1-8H3,(H,18,21)/b14-12-/t10?,11-,13+/m1/s1. The van der Waals surface area contributed by atoms with Crippen LogP contribution in [0.2, 0.25) is 18.1 Å². The van der Waals surface area contributed by atoms with Crippen LogP contribution in [-0.4, -0.2) is 37.3 Å². The van der Waals surface area contributed by atoms with Crippen LogP contribution in [0, 0.1) is 5.92 Å². The van der Waals surface area contributed by atoms with Gasteiger partial charge in [-0.25, -0.2) is 0 Å². The predicted molar refractivity (Wildman–Crippen MR) is 93.8 cm³/mol. The Balaban J connectivity index is 3.01. The molecule has 0 spiro atoms. The molecule has 23 heavy (non-hydrogen) atoms. The Morgan fingerprint density at radius 3 is 2.26 bits per heavy atom. The highest BCUT2D eigenvalue weighted by Crippen LogP contribution is 2.38. The van der Waals surface area contributed by atoms with Crippen molar-refractivity contribution in [3.63, 3.8) is 0 Å². The van der Waals surface area contributed by atoms with Gasteiger partial charge in [-0.1, -0.05) is 34.6 Å². The molecular weight excluding hydrogens is 310 g/mol. The SMILES string of the molecule is CCC(C)/C(O)=C1/C(=O)N[C@@H]([C@@H](C)O[Si](C)(C)C(C)(C)C)C1=O. The number of allylic oxidation sites excluding steroid dienone is 1. The Kier molecular flexibility index (Phi) is 5.86. The van der Waals surface area contributed by atoms with Gasteiger partial charge in [0.2, 0.25) is 0 Å². The molecule has 0 saturated carbocycles. The average Bonchev–Trinajstić information content (AvgIpc) is 2.70. The molecule has 0 bridgehead atoms. The van der Waals surface area contributed by atoms with Crippen LogP contribution in [0.5, 0.6) is 0 Å². The van der Waals surface area contributed by atoms with Crippen molar-refractivity contribution in [1.29, 1.82) is 0 Å². The average molecular weight is 342 g/mol. The molecule has 0 radical (unpaired) electrons. The first kappa shape index (κ1) is 19.9. The Morgan fingerprint density at radius 2 is 1.83 bits per heavy atom. The van der Waals surface area contributed by atoms with Crippen molar-refractivity contribution < 1.29 is 19.1 Å². The van der Waals surface area contributed by atoms with Crippen molar-refractivity contribution in [2.45, 2.75) is 78.2 Å². The van der Waals surface area contributed by atoms with E-state index in [-0.39, 0.29) is 28.1 Å². The van der Waals surface area contributed by atoms with E-state index < -0.39 is 26.4 Å². The van der Waals surface area contributed by atoms with E-state index >= 15 is 0 Å². The van der Waals surface area contributed by atoms with Crippen molar-refractivity contribution in [3.8, 4) is 0 Å². The zero-order chi connectivity index (χ0) is 18.2. The highest BCUT2D eigenvalue weighted by molar-refractivity contribution is 6.74. The molecule has 6 heteroatoms. The quantitative estimate of drug-likeness (QED) is 0.348. The fraction of sp³-hybridized carbons (Fsp3) is 0.765. The lowest BCUT2D eigenvalue weighted by atomic mass is 9.98. The first-order valence-corrected chi connectivity index (χ1v) is 11.2. The summed E-state index contributed by atoms with van der Waals surface area (Å²) in [4.78, 5) is 24.7. The van der Waals surface area contributed by atoms with Crippen LogP contribution in [0.3, 0.4) is 0 Å². The maximum Gasteiger partial charge on any atom is 0.259 e. The number of amides is 1. The Hall–Kier alpha value is -1.14. The van der Waals surface area contributed by atoms with Crippen LogP contribution < -0.4 is 5.32 Å². The minimum atomic E-state index is -2.05. The summed E-state index contributed by atoms with van der Waals surface area (Å²) >= 11 is 0. The molecule has 1 unspecified atom stereocenters. The van der Waals surface area contributed by atoms with Gasteiger partial charge in [0, 0.05) is 5.92 Å². The minimum absolute atomic E-state index is 0.0183. The third kappa shape index (κ3) is 4.04. The molecule has 3 atom stereocenters. The van der Waals surface area contributed by atoms with Gasteiger partial charge in [-0.3, -0.25) is 9.59 Å². The van der Waals surface area contributed by atoms with Crippen molar-refractivity contribution in [2.24, 2.45) is 5.92 Å².